The number of amides is 1. The molecule has 1 N–H and O–H groups in total. The molecule has 152 valence electrons. The molecule has 1 amide bonds. The highest BCUT2D eigenvalue weighted by Gasteiger charge is 2.32. The SMILES string of the molecule is O=C(NCCC1CC2CCCC(C1)S2)OCC1c2ccccc2-c2ccccc21. The van der Waals surface area contributed by atoms with Crippen LogP contribution >= 0.6 is 11.8 Å². The Morgan fingerprint density at radius 3 is 2.24 bits per heavy atom. The van der Waals surface area contributed by atoms with Gasteiger partial charge in [0.25, 0.3) is 0 Å². The molecule has 2 atom stereocenters. The Hall–Kier alpha value is -1.94. The van der Waals surface area contributed by atoms with Crippen LogP contribution in [-0.4, -0.2) is 29.7 Å². The molecule has 2 saturated heterocycles. The van der Waals surface area contributed by atoms with Gasteiger partial charge in [-0.3, -0.25) is 0 Å². The standard InChI is InChI=1S/C25H29NO2S/c27-25(26-13-12-17-14-18-6-5-7-19(15-17)29-18)28-16-24-22-10-3-1-8-20(22)21-9-2-4-11-23(21)24/h1-4,8-11,17-19,24H,5-7,12-16H2,(H,26,27). The van der Waals surface area contributed by atoms with Crippen LogP contribution in [0, 0.1) is 5.92 Å². The number of thioether (sulfide) groups is 1. The van der Waals surface area contributed by atoms with Gasteiger partial charge >= 0.3 is 6.09 Å². The summed E-state index contributed by atoms with van der Waals surface area (Å²) in [6.45, 7) is 1.12. The van der Waals surface area contributed by atoms with Gasteiger partial charge in [-0.25, -0.2) is 4.79 Å². The molecule has 2 bridgehead atoms. The van der Waals surface area contributed by atoms with Crippen LogP contribution < -0.4 is 5.32 Å². The van der Waals surface area contributed by atoms with Gasteiger partial charge in [-0.2, -0.15) is 11.8 Å². The average molecular weight is 408 g/mol. The summed E-state index contributed by atoms with van der Waals surface area (Å²) in [6.07, 6.45) is 7.64. The lowest BCUT2D eigenvalue weighted by Gasteiger charge is -2.38. The van der Waals surface area contributed by atoms with Crippen LogP contribution in [0.2, 0.25) is 0 Å². The van der Waals surface area contributed by atoms with Crippen molar-refractivity contribution in [3.63, 3.8) is 0 Å². The molecule has 2 unspecified atom stereocenters. The third kappa shape index (κ3) is 4.05. The molecule has 3 nitrogen and oxygen atoms in total. The molecule has 2 aliphatic heterocycles. The van der Waals surface area contributed by atoms with Gasteiger partial charge in [0.05, 0.1) is 0 Å². The van der Waals surface area contributed by atoms with E-state index in [1.807, 2.05) is 0 Å². The van der Waals surface area contributed by atoms with E-state index >= 15 is 0 Å². The van der Waals surface area contributed by atoms with Crippen LogP contribution in [0.3, 0.4) is 0 Å². The minimum absolute atomic E-state index is 0.128. The van der Waals surface area contributed by atoms with Crippen molar-refractivity contribution in [1.29, 1.82) is 0 Å². The van der Waals surface area contributed by atoms with Crippen molar-refractivity contribution in [2.75, 3.05) is 13.2 Å². The van der Waals surface area contributed by atoms with Gasteiger partial charge in [-0.15, -0.1) is 0 Å². The maximum Gasteiger partial charge on any atom is 0.407 e. The van der Waals surface area contributed by atoms with E-state index in [1.165, 1.54) is 54.4 Å². The number of ether oxygens (including phenoxy) is 1. The second-order valence-corrected chi connectivity index (χ2v) is 10.3. The van der Waals surface area contributed by atoms with Crippen molar-refractivity contribution >= 4 is 17.9 Å². The maximum absolute atomic E-state index is 12.3. The number of benzene rings is 2. The van der Waals surface area contributed by atoms with Crippen molar-refractivity contribution in [2.24, 2.45) is 5.92 Å². The summed E-state index contributed by atoms with van der Waals surface area (Å²) in [5.41, 5.74) is 5.04. The number of nitrogens with one attached hydrogen (secondary N) is 1. The van der Waals surface area contributed by atoms with Gasteiger partial charge in [0.2, 0.25) is 0 Å². The lowest BCUT2D eigenvalue weighted by molar-refractivity contribution is 0.142. The second-order valence-electron chi connectivity index (χ2n) is 8.69. The minimum Gasteiger partial charge on any atom is -0.449 e. The van der Waals surface area contributed by atoms with Gasteiger partial charge in [0.1, 0.15) is 6.61 Å². The molecule has 0 aromatic heterocycles. The van der Waals surface area contributed by atoms with Crippen LogP contribution in [0.15, 0.2) is 48.5 Å². The average Bonchev–Trinajstić information content (AvgIpc) is 3.06. The zero-order chi connectivity index (χ0) is 19.6. The summed E-state index contributed by atoms with van der Waals surface area (Å²) in [4.78, 5) is 12.3. The fourth-order valence-corrected chi connectivity index (χ4v) is 7.35. The van der Waals surface area contributed by atoms with Crippen molar-refractivity contribution in [2.45, 2.75) is 54.9 Å². The zero-order valence-corrected chi connectivity index (χ0v) is 17.6. The summed E-state index contributed by atoms with van der Waals surface area (Å²) >= 11 is 2.22. The highest BCUT2D eigenvalue weighted by atomic mass is 32.2. The van der Waals surface area contributed by atoms with Gasteiger partial charge in [-0.1, -0.05) is 55.0 Å². The number of alkyl carbamates (subject to hydrolysis) is 1. The first kappa shape index (κ1) is 19.0. The van der Waals surface area contributed by atoms with E-state index < -0.39 is 0 Å². The Kier molecular flexibility index (Phi) is 5.54. The van der Waals surface area contributed by atoms with E-state index in [9.17, 15) is 4.79 Å². The predicted octanol–water partition coefficient (Wildman–Crippen LogP) is 5.98. The molecule has 3 aliphatic rings. The maximum atomic E-state index is 12.3. The van der Waals surface area contributed by atoms with Gasteiger partial charge in [-0.05, 0) is 60.3 Å². The number of hydrogen-bond donors (Lipinski definition) is 1. The molecule has 2 aromatic rings. The number of hydrogen-bond acceptors (Lipinski definition) is 3. The molecular formula is C25H29NO2S. The number of carbonyl (C=O) groups excluding carboxylic acids is 1. The first-order valence-corrected chi connectivity index (χ1v) is 12.0. The molecule has 0 saturated carbocycles. The van der Waals surface area contributed by atoms with Gasteiger partial charge < -0.3 is 10.1 Å². The summed E-state index contributed by atoms with van der Waals surface area (Å²) in [6, 6.07) is 16.9. The molecule has 29 heavy (non-hydrogen) atoms. The molecule has 2 fully saturated rings. The molecule has 4 heteroatoms. The zero-order valence-electron chi connectivity index (χ0n) is 16.8. The van der Waals surface area contributed by atoms with E-state index in [0.717, 1.165) is 29.4 Å². The number of fused-ring (bicyclic) bond motifs is 5. The Morgan fingerprint density at radius 1 is 0.966 bits per heavy atom. The molecule has 2 aromatic carbocycles. The molecule has 0 spiro atoms. The largest absolute Gasteiger partial charge is 0.449 e. The first-order valence-electron chi connectivity index (χ1n) is 11.0. The van der Waals surface area contributed by atoms with E-state index in [1.54, 1.807) is 0 Å². The normalized spacial score (nSPS) is 25.2. The lowest BCUT2D eigenvalue weighted by Crippen LogP contribution is -2.32. The highest BCUT2D eigenvalue weighted by Crippen LogP contribution is 2.45. The summed E-state index contributed by atoms with van der Waals surface area (Å²) in [5, 5.41) is 4.73. The Morgan fingerprint density at radius 2 is 1.59 bits per heavy atom. The Balaban J connectivity index is 1.13. The van der Waals surface area contributed by atoms with E-state index in [4.69, 9.17) is 4.74 Å². The Labute approximate surface area is 177 Å². The van der Waals surface area contributed by atoms with Crippen LogP contribution in [0.4, 0.5) is 4.79 Å². The topological polar surface area (TPSA) is 38.3 Å². The second kappa shape index (κ2) is 8.43. The minimum atomic E-state index is -0.280. The quantitative estimate of drug-likeness (QED) is 0.663. The van der Waals surface area contributed by atoms with E-state index in [-0.39, 0.29) is 12.0 Å². The monoisotopic (exact) mass is 407 g/mol. The molecule has 0 radical (unpaired) electrons. The van der Waals surface area contributed by atoms with Gasteiger partial charge in [0.15, 0.2) is 0 Å². The predicted molar refractivity (Wildman–Crippen MR) is 119 cm³/mol. The van der Waals surface area contributed by atoms with Crippen molar-refractivity contribution < 1.29 is 9.53 Å². The van der Waals surface area contributed by atoms with Crippen LogP contribution in [0.25, 0.3) is 11.1 Å². The smallest absolute Gasteiger partial charge is 0.407 e. The fraction of sp³-hybridized carbons (Fsp3) is 0.480. The van der Waals surface area contributed by atoms with Crippen LogP contribution in [-0.2, 0) is 4.74 Å². The third-order valence-electron chi connectivity index (χ3n) is 6.80. The molecule has 1 aliphatic carbocycles. The van der Waals surface area contributed by atoms with Crippen LogP contribution in [0.5, 0.6) is 0 Å². The Bertz CT molecular complexity index is 825. The van der Waals surface area contributed by atoms with Crippen LogP contribution in [0.1, 0.15) is 55.6 Å². The van der Waals surface area contributed by atoms with Gasteiger partial charge in [0, 0.05) is 23.0 Å². The summed E-state index contributed by atoms with van der Waals surface area (Å²) < 4.78 is 5.65. The van der Waals surface area contributed by atoms with Crippen molar-refractivity contribution in [3.05, 3.63) is 59.7 Å². The summed E-state index contributed by atoms with van der Waals surface area (Å²) in [7, 11) is 0. The fourth-order valence-electron chi connectivity index (χ4n) is 5.43. The van der Waals surface area contributed by atoms with Crippen molar-refractivity contribution in [1.82, 2.24) is 5.32 Å². The summed E-state index contributed by atoms with van der Waals surface area (Å²) in [5.74, 6) is 0.892. The van der Waals surface area contributed by atoms with E-state index in [2.05, 4.69) is 65.6 Å². The van der Waals surface area contributed by atoms with Crippen molar-refractivity contribution in [3.8, 4) is 11.1 Å². The van der Waals surface area contributed by atoms with E-state index in [0.29, 0.717) is 6.61 Å². The third-order valence-corrected chi connectivity index (χ3v) is 8.42. The molecule has 2 heterocycles. The highest BCUT2D eigenvalue weighted by molar-refractivity contribution is 8.00. The number of carbonyl (C=O) groups is 1. The lowest BCUT2D eigenvalue weighted by atomic mass is 9.87. The first-order chi connectivity index (χ1) is 14.3. The molecule has 5 rings (SSSR count). The number of rotatable bonds is 5. The molecular weight excluding hydrogens is 378 g/mol.